The first-order chi connectivity index (χ1) is 14.8. The van der Waals surface area contributed by atoms with Crippen LogP contribution in [0.3, 0.4) is 0 Å². The van der Waals surface area contributed by atoms with Crippen LogP contribution in [-0.2, 0) is 6.54 Å². The number of aromatic nitrogens is 3. The molecule has 8 rings (SSSR count). The summed E-state index contributed by atoms with van der Waals surface area (Å²) in [5.41, 5.74) is 1.08. The Kier molecular flexibility index (Phi) is 3.85. The maximum atomic E-state index is 5.83. The first-order valence-corrected chi connectivity index (χ1v) is 11.9. The lowest BCUT2D eigenvalue weighted by atomic mass is 9.60. The van der Waals surface area contributed by atoms with E-state index < -0.39 is 0 Å². The Hall–Kier alpha value is -2.24. The SMILES string of the molecule is c1cc2c(cc1-c1nnc(N3CC4C5CCC(CC5)C4C3)n1CC1CC1)OCCO2. The van der Waals surface area contributed by atoms with Crippen molar-refractivity contribution in [2.24, 2.45) is 29.6 Å². The standard InChI is InChI=1S/C24H30N4O2/c1-2-15(1)12-28-23(18-7-8-21-22(11-18)30-10-9-29-21)25-26-24(28)27-13-19-16-3-4-17(6-5-16)20(19)14-27/h7-8,11,15-17,19-20H,1-6,9-10,12-14H2. The summed E-state index contributed by atoms with van der Waals surface area (Å²) in [6.07, 6.45) is 8.47. The molecule has 4 aliphatic carbocycles. The number of fused-ring (bicyclic) bond motifs is 3. The molecule has 2 unspecified atom stereocenters. The third-order valence-corrected chi connectivity index (χ3v) is 8.39. The number of hydrogen-bond donors (Lipinski definition) is 0. The van der Waals surface area contributed by atoms with Crippen LogP contribution in [0.2, 0.25) is 0 Å². The Bertz CT molecular complexity index is 940. The van der Waals surface area contributed by atoms with Crippen molar-refractivity contribution in [1.82, 2.24) is 14.8 Å². The van der Waals surface area contributed by atoms with Crippen LogP contribution in [0.5, 0.6) is 11.5 Å². The number of anilines is 1. The molecule has 0 N–H and O–H groups in total. The smallest absolute Gasteiger partial charge is 0.227 e. The van der Waals surface area contributed by atoms with Gasteiger partial charge in [-0.2, -0.15) is 0 Å². The molecule has 0 radical (unpaired) electrons. The van der Waals surface area contributed by atoms with E-state index in [1.807, 2.05) is 6.07 Å². The lowest BCUT2D eigenvalue weighted by Gasteiger charge is -2.44. The van der Waals surface area contributed by atoms with Crippen molar-refractivity contribution in [3.63, 3.8) is 0 Å². The van der Waals surface area contributed by atoms with Gasteiger partial charge in [0.2, 0.25) is 5.95 Å². The first-order valence-electron chi connectivity index (χ1n) is 11.9. The Morgan fingerprint density at radius 3 is 2.23 bits per heavy atom. The minimum atomic E-state index is 0.607. The van der Waals surface area contributed by atoms with Gasteiger partial charge in [0.15, 0.2) is 17.3 Å². The zero-order valence-electron chi connectivity index (χ0n) is 17.5. The average Bonchev–Trinajstić information content (AvgIpc) is 3.32. The van der Waals surface area contributed by atoms with Crippen molar-refractivity contribution >= 4 is 5.95 Å². The van der Waals surface area contributed by atoms with Crippen LogP contribution in [0.1, 0.15) is 38.5 Å². The molecule has 6 heteroatoms. The van der Waals surface area contributed by atoms with Gasteiger partial charge in [-0.25, -0.2) is 0 Å². The summed E-state index contributed by atoms with van der Waals surface area (Å²) in [5, 5.41) is 9.47. The molecular weight excluding hydrogens is 376 g/mol. The van der Waals surface area contributed by atoms with E-state index in [-0.39, 0.29) is 0 Å². The third-order valence-electron chi connectivity index (χ3n) is 8.39. The summed E-state index contributed by atoms with van der Waals surface area (Å²) >= 11 is 0. The molecule has 1 saturated heterocycles. The predicted molar refractivity (Wildman–Crippen MR) is 114 cm³/mol. The molecule has 0 spiro atoms. The van der Waals surface area contributed by atoms with Gasteiger partial charge in [-0.1, -0.05) is 0 Å². The van der Waals surface area contributed by atoms with E-state index in [2.05, 4.69) is 21.6 Å². The minimum Gasteiger partial charge on any atom is -0.486 e. The van der Waals surface area contributed by atoms with E-state index in [0.29, 0.717) is 13.2 Å². The molecule has 2 aliphatic heterocycles. The van der Waals surface area contributed by atoms with E-state index in [1.54, 1.807) is 0 Å². The summed E-state index contributed by atoms with van der Waals surface area (Å²) < 4.78 is 13.9. The molecule has 6 aliphatic rings. The molecule has 6 nitrogen and oxygen atoms in total. The van der Waals surface area contributed by atoms with E-state index >= 15 is 0 Å². The first kappa shape index (κ1) is 17.4. The number of hydrogen-bond acceptors (Lipinski definition) is 5. The normalized spacial score (nSPS) is 31.8. The number of nitrogens with zero attached hydrogens (tertiary/aromatic N) is 4. The molecular formula is C24H30N4O2. The fraction of sp³-hybridized carbons (Fsp3) is 0.667. The molecule has 158 valence electrons. The fourth-order valence-corrected chi connectivity index (χ4v) is 6.67. The van der Waals surface area contributed by atoms with Crippen molar-refractivity contribution in [3.8, 4) is 22.9 Å². The molecule has 0 amide bonds. The monoisotopic (exact) mass is 406 g/mol. The molecule has 2 bridgehead atoms. The second kappa shape index (κ2) is 6.63. The molecule has 4 saturated carbocycles. The summed E-state index contributed by atoms with van der Waals surface area (Å²) in [6, 6.07) is 6.20. The van der Waals surface area contributed by atoms with Crippen LogP contribution in [0.25, 0.3) is 11.4 Å². The zero-order valence-corrected chi connectivity index (χ0v) is 17.5. The van der Waals surface area contributed by atoms with E-state index in [4.69, 9.17) is 19.7 Å². The quantitative estimate of drug-likeness (QED) is 0.768. The highest BCUT2D eigenvalue weighted by Gasteiger charge is 2.49. The zero-order chi connectivity index (χ0) is 19.7. The van der Waals surface area contributed by atoms with Crippen molar-refractivity contribution in [2.45, 2.75) is 45.1 Å². The van der Waals surface area contributed by atoms with Gasteiger partial charge in [0, 0.05) is 25.2 Å². The second-order valence-electron chi connectivity index (χ2n) is 10.1. The molecule has 2 atom stereocenters. The summed E-state index contributed by atoms with van der Waals surface area (Å²) in [5.74, 6) is 8.15. The summed E-state index contributed by atoms with van der Waals surface area (Å²) in [4.78, 5) is 2.57. The van der Waals surface area contributed by atoms with Crippen LogP contribution >= 0.6 is 0 Å². The lowest BCUT2D eigenvalue weighted by molar-refractivity contribution is 0.0577. The van der Waals surface area contributed by atoms with Gasteiger partial charge in [0.25, 0.3) is 0 Å². The van der Waals surface area contributed by atoms with E-state index in [0.717, 1.165) is 65.0 Å². The van der Waals surface area contributed by atoms with Crippen molar-refractivity contribution in [3.05, 3.63) is 18.2 Å². The molecule has 2 aromatic rings. The Labute approximate surface area is 177 Å². The maximum absolute atomic E-state index is 5.83. The molecule has 5 fully saturated rings. The van der Waals surface area contributed by atoms with Gasteiger partial charge in [-0.15, -0.1) is 10.2 Å². The minimum absolute atomic E-state index is 0.607. The van der Waals surface area contributed by atoms with Gasteiger partial charge >= 0.3 is 0 Å². The highest BCUT2D eigenvalue weighted by Crippen LogP contribution is 2.52. The Morgan fingerprint density at radius 2 is 1.53 bits per heavy atom. The highest BCUT2D eigenvalue weighted by atomic mass is 16.6. The number of benzene rings is 1. The van der Waals surface area contributed by atoms with Gasteiger partial charge in [-0.05, 0) is 86.3 Å². The van der Waals surface area contributed by atoms with Crippen LogP contribution in [0.4, 0.5) is 5.95 Å². The van der Waals surface area contributed by atoms with E-state index in [1.165, 1.54) is 51.6 Å². The van der Waals surface area contributed by atoms with Crippen LogP contribution < -0.4 is 14.4 Å². The Morgan fingerprint density at radius 1 is 0.833 bits per heavy atom. The third kappa shape index (κ3) is 2.75. The largest absolute Gasteiger partial charge is 0.486 e. The molecule has 30 heavy (non-hydrogen) atoms. The van der Waals surface area contributed by atoms with Crippen LogP contribution in [0, 0.1) is 29.6 Å². The summed E-state index contributed by atoms with van der Waals surface area (Å²) in [6.45, 7) is 4.61. The van der Waals surface area contributed by atoms with Crippen molar-refractivity contribution in [1.29, 1.82) is 0 Å². The van der Waals surface area contributed by atoms with E-state index in [9.17, 15) is 0 Å². The van der Waals surface area contributed by atoms with Crippen LogP contribution in [-0.4, -0.2) is 41.1 Å². The highest BCUT2D eigenvalue weighted by molar-refractivity contribution is 5.63. The number of ether oxygens (including phenoxy) is 2. The maximum Gasteiger partial charge on any atom is 0.227 e. The lowest BCUT2D eigenvalue weighted by Crippen LogP contribution is -2.38. The predicted octanol–water partition coefficient (Wildman–Crippen LogP) is 4.00. The molecule has 3 heterocycles. The summed E-state index contributed by atoms with van der Waals surface area (Å²) in [7, 11) is 0. The van der Waals surface area contributed by atoms with Crippen molar-refractivity contribution < 1.29 is 9.47 Å². The van der Waals surface area contributed by atoms with Crippen LogP contribution in [0.15, 0.2) is 18.2 Å². The van der Waals surface area contributed by atoms with Crippen molar-refractivity contribution in [2.75, 3.05) is 31.2 Å². The van der Waals surface area contributed by atoms with Gasteiger partial charge in [0.1, 0.15) is 13.2 Å². The fourth-order valence-electron chi connectivity index (χ4n) is 6.67. The topological polar surface area (TPSA) is 52.4 Å². The van der Waals surface area contributed by atoms with Gasteiger partial charge < -0.3 is 14.4 Å². The molecule has 1 aromatic heterocycles. The van der Waals surface area contributed by atoms with Gasteiger partial charge in [0.05, 0.1) is 0 Å². The number of rotatable bonds is 4. The second-order valence-corrected chi connectivity index (χ2v) is 10.1. The average molecular weight is 407 g/mol. The van der Waals surface area contributed by atoms with Gasteiger partial charge in [-0.3, -0.25) is 4.57 Å². The molecule has 1 aromatic carbocycles. The Balaban J connectivity index is 1.24.